The van der Waals surface area contributed by atoms with Gasteiger partial charge >= 0.3 is 0 Å². The Kier molecular flexibility index (Phi) is 3.43. The average Bonchev–Trinajstić information content (AvgIpc) is 2.29. The van der Waals surface area contributed by atoms with Crippen LogP contribution in [0.2, 0.25) is 0 Å². The summed E-state index contributed by atoms with van der Waals surface area (Å²) in [6.07, 6.45) is 3.75. The van der Waals surface area contributed by atoms with Crippen molar-refractivity contribution in [3.05, 3.63) is 18.0 Å². The summed E-state index contributed by atoms with van der Waals surface area (Å²) >= 11 is 0. The molecule has 2 rings (SSSR count). The Bertz CT molecular complexity index is 363. The van der Waals surface area contributed by atoms with Gasteiger partial charge in [-0.05, 0) is 32.4 Å². The topological polar surface area (TPSA) is 54.9 Å². The molecule has 82 valence electrons. The van der Waals surface area contributed by atoms with Crippen LogP contribution in [0, 0.1) is 6.92 Å². The third-order valence-corrected chi connectivity index (χ3v) is 4.07. The van der Waals surface area contributed by atoms with Crippen LogP contribution in [0.1, 0.15) is 18.5 Å². The van der Waals surface area contributed by atoms with Crippen molar-refractivity contribution < 1.29 is 4.21 Å². The number of rotatable bonds is 2. The first-order valence-electron chi connectivity index (χ1n) is 5.18. The van der Waals surface area contributed by atoms with Crippen LogP contribution in [-0.2, 0) is 10.8 Å². The third-order valence-electron chi connectivity index (χ3n) is 2.51. The molecule has 1 aliphatic heterocycles. The molecule has 0 amide bonds. The minimum Gasteiger partial charge on any atom is -0.316 e. The Balaban J connectivity index is 2.12. The Morgan fingerprint density at radius 1 is 1.60 bits per heavy atom. The Labute approximate surface area is 92.0 Å². The van der Waals surface area contributed by atoms with Crippen LogP contribution in [-0.4, -0.2) is 32.5 Å². The Morgan fingerprint density at radius 2 is 2.47 bits per heavy atom. The van der Waals surface area contributed by atoms with Gasteiger partial charge in [0, 0.05) is 18.4 Å². The fourth-order valence-corrected chi connectivity index (χ4v) is 3.02. The largest absolute Gasteiger partial charge is 0.316 e. The molecular formula is C10H15N3OS. The molecule has 0 spiro atoms. The van der Waals surface area contributed by atoms with Gasteiger partial charge in [-0.2, -0.15) is 0 Å². The molecule has 1 N–H and O–H groups in total. The lowest BCUT2D eigenvalue weighted by Crippen LogP contribution is -2.36. The van der Waals surface area contributed by atoms with Gasteiger partial charge in [0.15, 0.2) is 0 Å². The lowest BCUT2D eigenvalue weighted by Gasteiger charge is -2.21. The Hall–Kier alpha value is -0.810. The first-order chi connectivity index (χ1) is 7.27. The molecule has 5 heteroatoms. The maximum Gasteiger partial charge on any atom is 0.218 e. The van der Waals surface area contributed by atoms with Gasteiger partial charge in [0.25, 0.3) is 0 Å². The van der Waals surface area contributed by atoms with Crippen molar-refractivity contribution in [1.29, 1.82) is 0 Å². The highest BCUT2D eigenvalue weighted by atomic mass is 32.2. The van der Waals surface area contributed by atoms with Gasteiger partial charge < -0.3 is 5.32 Å². The zero-order chi connectivity index (χ0) is 10.7. The van der Waals surface area contributed by atoms with E-state index in [4.69, 9.17) is 0 Å². The number of hydrogen-bond acceptors (Lipinski definition) is 4. The van der Waals surface area contributed by atoms with E-state index in [1.807, 2.05) is 13.0 Å². The van der Waals surface area contributed by atoms with Crippen LogP contribution >= 0.6 is 0 Å². The minimum absolute atomic E-state index is 0.167. The fourth-order valence-electron chi connectivity index (χ4n) is 1.67. The normalized spacial score (nSPS) is 23.7. The number of hydrogen-bond donors (Lipinski definition) is 1. The van der Waals surface area contributed by atoms with E-state index >= 15 is 0 Å². The second-order valence-corrected chi connectivity index (χ2v) is 5.37. The first kappa shape index (κ1) is 10.7. The lowest BCUT2D eigenvalue weighted by molar-refractivity contribution is 0.517. The summed E-state index contributed by atoms with van der Waals surface area (Å²) in [6, 6.07) is 1.82. The molecular weight excluding hydrogens is 210 g/mol. The summed E-state index contributed by atoms with van der Waals surface area (Å²) in [5.74, 6) is 0. The van der Waals surface area contributed by atoms with E-state index < -0.39 is 10.8 Å². The van der Waals surface area contributed by atoms with Crippen LogP contribution < -0.4 is 5.32 Å². The maximum absolute atomic E-state index is 12.1. The molecule has 0 radical (unpaired) electrons. The molecule has 2 heterocycles. The predicted octanol–water partition coefficient (Wildman–Crippen LogP) is 0.645. The van der Waals surface area contributed by atoms with Gasteiger partial charge in [-0.15, -0.1) is 0 Å². The van der Waals surface area contributed by atoms with Crippen LogP contribution in [0.25, 0.3) is 0 Å². The van der Waals surface area contributed by atoms with E-state index in [1.54, 1.807) is 6.20 Å². The molecule has 4 nitrogen and oxygen atoms in total. The van der Waals surface area contributed by atoms with Crippen molar-refractivity contribution in [3.8, 4) is 0 Å². The molecule has 1 aliphatic rings. The van der Waals surface area contributed by atoms with Crippen LogP contribution in [0.4, 0.5) is 0 Å². The summed E-state index contributed by atoms with van der Waals surface area (Å²) < 4.78 is 12.1. The van der Waals surface area contributed by atoms with Crippen molar-refractivity contribution >= 4 is 10.8 Å². The van der Waals surface area contributed by atoms with E-state index in [9.17, 15) is 4.21 Å². The summed E-state index contributed by atoms with van der Waals surface area (Å²) in [7, 11) is -1.06. The molecule has 0 aromatic carbocycles. The second kappa shape index (κ2) is 4.81. The summed E-state index contributed by atoms with van der Waals surface area (Å²) in [5, 5.41) is 3.89. The molecule has 0 unspecified atom stereocenters. The molecule has 1 aromatic rings. The molecule has 15 heavy (non-hydrogen) atoms. The minimum atomic E-state index is -1.06. The summed E-state index contributed by atoms with van der Waals surface area (Å²) in [6.45, 7) is 3.73. The van der Waals surface area contributed by atoms with E-state index in [0.717, 1.165) is 31.6 Å². The van der Waals surface area contributed by atoms with Gasteiger partial charge in [-0.3, -0.25) is 4.21 Å². The number of piperidine rings is 1. The standard InChI is InChI=1S/C10H15N3OS/c1-8-4-6-12-10(13-8)15(14)9-3-2-5-11-7-9/h4,6,9,11H,2-3,5,7H2,1H3/t9-,15+/m1/s1. The predicted molar refractivity (Wildman–Crippen MR) is 59.1 cm³/mol. The maximum atomic E-state index is 12.1. The second-order valence-electron chi connectivity index (χ2n) is 3.75. The van der Waals surface area contributed by atoms with Gasteiger partial charge in [0.05, 0.1) is 16.0 Å². The monoisotopic (exact) mass is 225 g/mol. The SMILES string of the molecule is Cc1ccnc([S@@](=O)[C@@H]2CCCNC2)n1. The van der Waals surface area contributed by atoms with Crippen LogP contribution in [0.5, 0.6) is 0 Å². The molecule has 1 fully saturated rings. The highest BCUT2D eigenvalue weighted by Crippen LogP contribution is 2.13. The van der Waals surface area contributed by atoms with E-state index in [1.165, 1.54) is 0 Å². The Morgan fingerprint density at radius 3 is 3.13 bits per heavy atom. The zero-order valence-electron chi connectivity index (χ0n) is 8.77. The van der Waals surface area contributed by atoms with Gasteiger partial charge in [-0.1, -0.05) is 0 Å². The van der Waals surface area contributed by atoms with Gasteiger partial charge in [0.2, 0.25) is 5.16 Å². The molecule has 0 aliphatic carbocycles. The van der Waals surface area contributed by atoms with Crippen molar-refractivity contribution in [2.24, 2.45) is 0 Å². The van der Waals surface area contributed by atoms with Crippen LogP contribution in [0.15, 0.2) is 17.4 Å². The number of nitrogens with one attached hydrogen (secondary N) is 1. The number of aryl methyl sites for hydroxylation is 1. The van der Waals surface area contributed by atoms with E-state index in [2.05, 4.69) is 15.3 Å². The smallest absolute Gasteiger partial charge is 0.218 e. The quantitative estimate of drug-likeness (QED) is 0.751. The zero-order valence-corrected chi connectivity index (χ0v) is 9.59. The van der Waals surface area contributed by atoms with Crippen molar-refractivity contribution in [3.63, 3.8) is 0 Å². The lowest BCUT2D eigenvalue weighted by atomic mass is 10.2. The van der Waals surface area contributed by atoms with Gasteiger partial charge in [0.1, 0.15) is 0 Å². The molecule has 0 bridgehead atoms. The third kappa shape index (κ3) is 2.60. The number of aromatic nitrogens is 2. The molecule has 1 aromatic heterocycles. The molecule has 2 atom stereocenters. The average molecular weight is 225 g/mol. The highest BCUT2D eigenvalue weighted by Gasteiger charge is 2.22. The van der Waals surface area contributed by atoms with E-state index in [0.29, 0.717) is 5.16 Å². The van der Waals surface area contributed by atoms with Gasteiger partial charge in [-0.25, -0.2) is 9.97 Å². The first-order valence-corrected chi connectivity index (χ1v) is 6.39. The highest BCUT2D eigenvalue weighted by molar-refractivity contribution is 7.85. The van der Waals surface area contributed by atoms with E-state index in [-0.39, 0.29) is 5.25 Å². The summed E-state index contributed by atoms with van der Waals surface area (Å²) in [4.78, 5) is 8.28. The molecule has 1 saturated heterocycles. The number of nitrogens with zero attached hydrogens (tertiary/aromatic N) is 2. The fraction of sp³-hybridized carbons (Fsp3) is 0.600. The molecule has 0 saturated carbocycles. The van der Waals surface area contributed by atoms with Crippen molar-refractivity contribution in [2.45, 2.75) is 30.2 Å². The van der Waals surface area contributed by atoms with Crippen LogP contribution in [0.3, 0.4) is 0 Å². The van der Waals surface area contributed by atoms with Crippen molar-refractivity contribution in [1.82, 2.24) is 15.3 Å². The van der Waals surface area contributed by atoms with Crippen molar-refractivity contribution in [2.75, 3.05) is 13.1 Å². The summed E-state index contributed by atoms with van der Waals surface area (Å²) in [5.41, 5.74) is 0.872.